The summed E-state index contributed by atoms with van der Waals surface area (Å²) in [6, 6.07) is 15.9. The largest absolute Gasteiger partial charge is 0.350 e. The number of rotatable bonds is 6. The van der Waals surface area contributed by atoms with E-state index in [1.807, 2.05) is 37.3 Å². The molecule has 0 fully saturated rings. The first-order valence-corrected chi connectivity index (χ1v) is 9.09. The molecule has 0 aliphatic carbocycles. The fourth-order valence-electron chi connectivity index (χ4n) is 2.95. The third-order valence-electron chi connectivity index (χ3n) is 4.40. The van der Waals surface area contributed by atoms with Gasteiger partial charge in [-0.15, -0.1) is 0 Å². The molecule has 0 aliphatic heterocycles. The van der Waals surface area contributed by atoms with Crippen LogP contribution in [0.2, 0.25) is 0 Å². The van der Waals surface area contributed by atoms with Gasteiger partial charge in [-0.1, -0.05) is 55.0 Å². The molecular weight excluding hydrogens is 336 g/mol. The number of aromatic nitrogens is 2. The van der Waals surface area contributed by atoms with Gasteiger partial charge in [-0.2, -0.15) is 0 Å². The number of aryl methyl sites for hydroxylation is 3. The van der Waals surface area contributed by atoms with Gasteiger partial charge in [-0.3, -0.25) is 4.79 Å². The molecule has 0 saturated carbocycles. The highest BCUT2D eigenvalue weighted by molar-refractivity contribution is 6.03. The zero-order valence-electron chi connectivity index (χ0n) is 15.9. The number of nitrogens with zero attached hydrogens (tertiary/aromatic N) is 2. The number of carbonyl (C=O) groups is 1. The molecule has 2 aromatic carbocycles. The molecule has 2 N–H and O–H groups in total. The Morgan fingerprint density at radius 2 is 1.89 bits per heavy atom. The zero-order valence-corrected chi connectivity index (χ0v) is 15.9. The Hall–Kier alpha value is -3.21. The highest BCUT2D eigenvalue weighted by Crippen LogP contribution is 2.21. The molecular formula is C22H24N4O. The first-order valence-electron chi connectivity index (χ1n) is 9.09. The third kappa shape index (κ3) is 4.70. The molecule has 1 amide bonds. The van der Waals surface area contributed by atoms with E-state index in [4.69, 9.17) is 0 Å². The standard InChI is InChI=1S/C22H24N4O/c1-4-18-10-6-8-16(3)20(18)26-21(27)19-11-12-23-22(25-19)24-14-17-9-5-7-15(2)13-17/h5-13H,4,14H2,1-3H3,(H,26,27)(H,23,24,25). The number of hydrogen-bond donors (Lipinski definition) is 2. The molecule has 1 aromatic heterocycles. The van der Waals surface area contributed by atoms with Crippen LogP contribution in [-0.2, 0) is 13.0 Å². The van der Waals surface area contributed by atoms with E-state index in [2.05, 4.69) is 46.6 Å². The lowest BCUT2D eigenvalue weighted by atomic mass is 10.1. The fourth-order valence-corrected chi connectivity index (χ4v) is 2.95. The molecule has 5 heteroatoms. The Labute approximate surface area is 159 Å². The van der Waals surface area contributed by atoms with Gasteiger partial charge in [0.1, 0.15) is 5.69 Å². The van der Waals surface area contributed by atoms with Gasteiger partial charge in [-0.25, -0.2) is 9.97 Å². The lowest BCUT2D eigenvalue weighted by Gasteiger charge is -2.13. The lowest BCUT2D eigenvalue weighted by molar-refractivity contribution is 0.102. The smallest absolute Gasteiger partial charge is 0.274 e. The summed E-state index contributed by atoms with van der Waals surface area (Å²) in [4.78, 5) is 21.2. The summed E-state index contributed by atoms with van der Waals surface area (Å²) in [6.45, 7) is 6.72. The number of para-hydroxylation sites is 1. The minimum Gasteiger partial charge on any atom is -0.350 e. The second kappa shape index (κ2) is 8.45. The van der Waals surface area contributed by atoms with Crippen LogP contribution in [-0.4, -0.2) is 15.9 Å². The van der Waals surface area contributed by atoms with Crippen LogP contribution in [0.4, 0.5) is 11.6 Å². The number of anilines is 2. The van der Waals surface area contributed by atoms with Crippen molar-refractivity contribution in [3.8, 4) is 0 Å². The predicted molar refractivity (Wildman–Crippen MR) is 109 cm³/mol. The Balaban J connectivity index is 1.72. The second-order valence-electron chi connectivity index (χ2n) is 6.52. The Morgan fingerprint density at radius 3 is 2.67 bits per heavy atom. The van der Waals surface area contributed by atoms with Gasteiger partial charge in [0.2, 0.25) is 5.95 Å². The van der Waals surface area contributed by atoms with Crippen molar-refractivity contribution in [1.29, 1.82) is 0 Å². The van der Waals surface area contributed by atoms with E-state index in [9.17, 15) is 4.79 Å². The van der Waals surface area contributed by atoms with Crippen LogP contribution < -0.4 is 10.6 Å². The molecule has 5 nitrogen and oxygen atoms in total. The van der Waals surface area contributed by atoms with Gasteiger partial charge in [0.15, 0.2) is 0 Å². The number of carbonyl (C=O) groups excluding carboxylic acids is 1. The van der Waals surface area contributed by atoms with E-state index in [1.54, 1.807) is 12.3 Å². The van der Waals surface area contributed by atoms with Crippen molar-refractivity contribution in [2.45, 2.75) is 33.7 Å². The zero-order chi connectivity index (χ0) is 19.2. The Morgan fingerprint density at radius 1 is 1.07 bits per heavy atom. The van der Waals surface area contributed by atoms with Crippen LogP contribution in [0.5, 0.6) is 0 Å². The predicted octanol–water partition coefficient (Wildman–Crippen LogP) is 4.52. The van der Waals surface area contributed by atoms with Crippen molar-refractivity contribution in [2.24, 2.45) is 0 Å². The minimum absolute atomic E-state index is 0.236. The van der Waals surface area contributed by atoms with Crippen LogP contribution >= 0.6 is 0 Å². The molecule has 1 heterocycles. The molecule has 138 valence electrons. The SMILES string of the molecule is CCc1cccc(C)c1NC(=O)c1ccnc(NCc2cccc(C)c2)n1. The van der Waals surface area contributed by atoms with Crippen molar-refractivity contribution in [1.82, 2.24) is 9.97 Å². The summed E-state index contributed by atoms with van der Waals surface area (Å²) in [6.07, 6.45) is 2.45. The Kier molecular flexibility index (Phi) is 5.81. The van der Waals surface area contributed by atoms with E-state index in [0.717, 1.165) is 28.8 Å². The van der Waals surface area contributed by atoms with Crippen molar-refractivity contribution < 1.29 is 4.79 Å². The Bertz CT molecular complexity index is 953. The van der Waals surface area contributed by atoms with E-state index in [-0.39, 0.29) is 5.91 Å². The topological polar surface area (TPSA) is 66.9 Å². The summed E-state index contributed by atoms with van der Waals surface area (Å²) in [5.41, 5.74) is 5.68. The first kappa shape index (κ1) is 18.6. The fraction of sp³-hybridized carbons (Fsp3) is 0.227. The van der Waals surface area contributed by atoms with Gasteiger partial charge in [0.05, 0.1) is 0 Å². The van der Waals surface area contributed by atoms with Gasteiger partial charge >= 0.3 is 0 Å². The molecule has 0 saturated heterocycles. The van der Waals surface area contributed by atoms with Crippen molar-refractivity contribution >= 4 is 17.5 Å². The third-order valence-corrected chi connectivity index (χ3v) is 4.40. The maximum atomic E-state index is 12.7. The maximum Gasteiger partial charge on any atom is 0.274 e. The number of nitrogens with one attached hydrogen (secondary N) is 2. The highest BCUT2D eigenvalue weighted by atomic mass is 16.1. The average Bonchev–Trinajstić information content (AvgIpc) is 2.68. The number of hydrogen-bond acceptors (Lipinski definition) is 4. The van der Waals surface area contributed by atoms with E-state index >= 15 is 0 Å². The summed E-state index contributed by atoms with van der Waals surface area (Å²) in [5, 5.41) is 6.18. The van der Waals surface area contributed by atoms with Crippen molar-refractivity contribution in [2.75, 3.05) is 10.6 Å². The average molecular weight is 360 g/mol. The molecule has 3 rings (SSSR count). The second-order valence-corrected chi connectivity index (χ2v) is 6.52. The maximum absolute atomic E-state index is 12.7. The number of benzene rings is 2. The van der Waals surface area contributed by atoms with Gasteiger partial charge in [-0.05, 0) is 43.0 Å². The summed E-state index contributed by atoms with van der Waals surface area (Å²) in [5.74, 6) is 0.199. The summed E-state index contributed by atoms with van der Waals surface area (Å²) >= 11 is 0. The molecule has 27 heavy (non-hydrogen) atoms. The highest BCUT2D eigenvalue weighted by Gasteiger charge is 2.12. The molecule has 0 unspecified atom stereocenters. The molecule has 0 aliphatic rings. The van der Waals surface area contributed by atoms with Gasteiger partial charge < -0.3 is 10.6 Å². The molecule has 0 radical (unpaired) electrons. The molecule has 0 bridgehead atoms. The molecule has 3 aromatic rings. The van der Waals surface area contributed by atoms with Crippen LogP contribution in [0.1, 0.15) is 39.7 Å². The molecule has 0 atom stereocenters. The van der Waals surface area contributed by atoms with Crippen LogP contribution in [0, 0.1) is 13.8 Å². The first-order chi connectivity index (χ1) is 13.1. The summed E-state index contributed by atoms with van der Waals surface area (Å²) < 4.78 is 0. The summed E-state index contributed by atoms with van der Waals surface area (Å²) in [7, 11) is 0. The van der Waals surface area contributed by atoms with E-state index in [1.165, 1.54) is 5.56 Å². The number of amides is 1. The van der Waals surface area contributed by atoms with Gasteiger partial charge in [0, 0.05) is 18.4 Å². The monoisotopic (exact) mass is 360 g/mol. The minimum atomic E-state index is -0.236. The van der Waals surface area contributed by atoms with Crippen LogP contribution in [0.15, 0.2) is 54.7 Å². The van der Waals surface area contributed by atoms with Crippen molar-refractivity contribution in [3.05, 3.63) is 82.7 Å². The van der Waals surface area contributed by atoms with E-state index < -0.39 is 0 Å². The van der Waals surface area contributed by atoms with Crippen LogP contribution in [0.25, 0.3) is 0 Å². The normalized spacial score (nSPS) is 10.5. The van der Waals surface area contributed by atoms with Crippen molar-refractivity contribution in [3.63, 3.8) is 0 Å². The quantitative estimate of drug-likeness (QED) is 0.678. The lowest BCUT2D eigenvalue weighted by Crippen LogP contribution is -2.17. The van der Waals surface area contributed by atoms with E-state index in [0.29, 0.717) is 18.2 Å². The van der Waals surface area contributed by atoms with Crippen LogP contribution in [0.3, 0.4) is 0 Å². The molecule has 0 spiro atoms. The van der Waals surface area contributed by atoms with Gasteiger partial charge in [0.25, 0.3) is 5.91 Å².